The van der Waals surface area contributed by atoms with Crippen molar-refractivity contribution in [3.05, 3.63) is 126 Å². The molecular formula is C36H25N5OS. The zero-order valence-corrected chi connectivity index (χ0v) is 24.3. The third kappa shape index (κ3) is 4.24. The lowest BCUT2D eigenvalue weighted by molar-refractivity contribution is 0.795. The second-order valence-electron chi connectivity index (χ2n) is 10.7. The van der Waals surface area contributed by atoms with E-state index in [1.54, 1.807) is 34.6 Å². The number of thiophene rings is 1. The summed E-state index contributed by atoms with van der Waals surface area (Å²) >= 11 is 1.80. The number of aromatic nitrogens is 5. The molecule has 0 aliphatic carbocycles. The first-order valence-electron chi connectivity index (χ1n) is 14.0. The maximum atomic E-state index is 12.5. The average molecular weight is 576 g/mol. The Hall–Kier alpha value is -5.40. The summed E-state index contributed by atoms with van der Waals surface area (Å²) in [6.07, 6.45) is 0. The van der Waals surface area contributed by atoms with E-state index in [0.717, 1.165) is 38.9 Å². The third-order valence-electron chi connectivity index (χ3n) is 8.03. The number of hydrogen-bond donors (Lipinski definition) is 0. The molecule has 0 aliphatic heterocycles. The topological polar surface area (TPSA) is 65.6 Å². The highest BCUT2D eigenvalue weighted by Crippen LogP contribution is 2.36. The van der Waals surface area contributed by atoms with Gasteiger partial charge in [0.1, 0.15) is 0 Å². The van der Waals surface area contributed by atoms with Gasteiger partial charge in [-0.15, -0.1) is 11.3 Å². The molecule has 43 heavy (non-hydrogen) atoms. The van der Waals surface area contributed by atoms with Crippen molar-refractivity contribution in [1.82, 2.24) is 24.1 Å². The zero-order chi connectivity index (χ0) is 29.1. The molecule has 0 unspecified atom stereocenters. The lowest BCUT2D eigenvalue weighted by Crippen LogP contribution is -2.19. The van der Waals surface area contributed by atoms with Gasteiger partial charge in [0.25, 0.3) is 0 Å². The van der Waals surface area contributed by atoms with Crippen molar-refractivity contribution in [2.45, 2.75) is 0 Å². The lowest BCUT2D eigenvalue weighted by Gasteiger charge is -2.10. The fourth-order valence-corrected chi connectivity index (χ4v) is 6.83. The Balaban J connectivity index is 1.29. The smallest absolute Gasteiger partial charge is 0.295 e. The summed E-state index contributed by atoms with van der Waals surface area (Å²) in [7, 11) is 3.60. The van der Waals surface area contributed by atoms with Gasteiger partial charge in [-0.25, -0.2) is 19.7 Å². The quantitative estimate of drug-likeness (QED) is 0.213. The van der Waals surface area contributed by atoms with E-state index in [2.05, 4.69) is 66.7 Å². The molecular weight excluding hydrogens is 550 g/mol. The molecule has 7 heteroatoms. The summed E-state index contributed by atoms with van der Waals surface area (Å²) in [5.74, 6) is 1.86. The molecule has 5 aromatic carbocycles. The molecule has 0 radical (unpaired) electrons. The predicted molar refractivity (Wildman–Crippen MR) is 176 cm³/mol. The van der Waals surface area contributed by atoms with Crippen LogP contribution < -0.4 is 5.69 Å². The molecule has 0 saturated heterocycles. The molecule has 0 spiro atoms. The second kappa shape index (κ2) is 9.86. The lowest BCUT2D eigenvalue weighted by atomic mass is 10.0. The Morgan fingerprint density at radius 3 is 1.88 bits per heavy atom. The summed E-state index contributed by atoms with van der Waals surface area (Å²) in [5.41, 5.74) is 6.55. The van der Waals surface area contributed by atoms with E-state index >= 15 is 0 Å². The number of fused-ring (bicyclic) bond motifs is 4. The highest BCUT2D eigenvalue weighted by atomic mass is 32.1. The van der Waals surface area contributed by atoms with Crippen molar-refractivity contribution in [3.8, 4) is 45.3 Å². The fourth-order valence-electron chi connectivity index (χ4n) is 5.74. The van der Waals surface area contributed by atoms with Gasteiger partial charge < -0.3 is 0 Å². The number of imidazole rings is 1. The summed E-state index contributed by atoms with van der Waals surface area (Å²) in [6.45, 7) is 0. The molecule has 0 fully saturated rings. The maximum Gasteiger partial charge on any atom is 0.328 e. The Kier molecular flexibility index (Phi) is 5.80. The standard InChI is InChI=1S/C36H25N5OS/c1-40-29-17-15-24(21-30(29)41(2)36(40)42)23-11-8-12-25(19-23)34-37-33(22-9-4-3-5-10-22)38-35(39-34)26-16-18-32-28(20-26)27-13-6-7-14-31(27)43-32/h3-21H,1-2H3. The van der Waals surface area contributed by atoms with Crippen LogP contribution in [-0.4, -0.2) is 24.1 Å². The minimum Gasteiger partial charge on any atom is -0.295 e. The first kappa shape index (κ1) is 25.3. The van der Waals surface area contributed by atoms with E-state index in [1.165, 1.54) is 20.2 Å². The molecule has 0 amide bonds. The summed E-state index contributed by atoms with van der Waals surface area (Å²) in [6, 6.07) is 39.3. The molecule has 6 nitrogen and oxygen atoms in total. The number of aryl methyl sites for hydroxylation is 2. The van der Waals surface area contributed by atoms with E-state index in [1.807, 2.05) is 48.5 Å². The highest BCUT2D eigenvalue weighted by molar-refractivity contribution is 7.25. The number of rotatable bonds is 4. The van der Waals surface area contributed by atoms with Gasteiger partial charge in [-0.3, -0.25) is 9.13 Å². The number of nitrogens with zero attached hydrogens (tertiary/aromatic N) is 5. The zero-order valence-electron chi connectivity index (χ0n) is 23.5. The van der Waals surface area contributed by atoms with Gasteiger partial charge >= 0.3 is 5.69 Å². The van der Waals surface area contributed by atoms with Crippen molar-refractivity contribution in [1.29, 1.82) is 0 Å². The molecule has 0 N–H and O–H groups in total. The summed E-state index contributed by atoms with van der Waals surface area (Å²) in [4.78, 5) is 27.4. The Morgan fingerprint density at radius 1 is 0.488 bits per heavy atom. The van der Waals surface area contributed by atoms with E-state index in [4.69, 9.17) is 15.0 Å². The third-order valence-corrected chi connectivity index (χ3v) is 9.18. The van der Waals surface area contributed by atoms with Crippen LogP contribution in [0.1, 0.15) is 0 Å². The van der Waals surface area contributed by atoms with Crippen LogP contribution in [-0.2, 0) is 14.1 Å². The van der Waals surface area contributed by atoms with Crippen LogP contribution in [0.5, 0.6) is 0 Å². The first-order valence-corrected chi connectivity index (χ1v) is 14.8. The van der Waals surface area contributed by atoms with Gasteiger partial charge in [0.15, 0.2) is 17.5 Å². The second-order valence-corrected chi connectivity index (χ2v) is 11.8. The minimum absolute atomic E-state index is 0.0410. The Labute approximate surface area is 251 Å². The summed E-state index contributed by atoms with van der Waals surface area (Å²) < 4.78 is 5.86. The van der Waals surface area contributed by atoms with Crippen LogP contribution in [0.3, 0.4) is 0 Å². The average Bonchev–Trinajstić information content (AvgIpc) is 3.54. The molecule has 3 aromatic heterocycles. The normalized spacial score (nSPS) is 11.6. The Bertz CT molecular complexity index is 2400. The van der Waals surface area contributed by atoms with Crippen LogP contribution in [0.25, 0.3) is 76.5 Å². The van der Waals surface area contributed by atoms with Crippen molar-refractivity contribution in [2.75, 3.05) is 0 Å². The molecule has 206 valence electrons. The van der Waals surface area contributed by atoms with Crippen molar-refractivity contribution in [3.63, 3.8) is 0 Å². The minimum atomic E-state index is -0.0410. The molecule has 8 aromatic rings. The summed E-state index contributed by atoms with van der Waals surface area (Å²) in [5, 5.41) is 2.44. The van der Waals surface area contributed by atoms with E-state index in [9.17, 15) is 4.79 Å². The monoisotopic (exact) mass is 575 g/mol. The largest absolute Gasteiger partial charge is 0.328 e. The number of hydrogen-bond acceptors (Lipinski definition) is 5. The van der Waals surface area contributed by atoms with Crippen molar-refractivity contribution in [2.24, 2.45) is 14.1 Å². The van der Waals surface area contributed by atoms with Gasteiger partial charge in [0.2, 0.25) is 0 Å². The SMILES string of the molecule is Cn1c(=O)n(C)c2cc(-c3cccc(-c4nc(-c5ccccc5)nc(-c5ccc6sc7ccccc7c6c5)n4)c3)ccc21. The van der Waals surface area contributed by atoms with Gasteiger partial charge in [0.05, 0.1) is 11.0 Å². The van der Waals surface area contributed by atoms with Crippen molar-refractivity contribution >= 4 is 42.5 Å². The van der Waals surface area contributed by atoms with E-state index < -0.39 is 0 Å². The van der Waals surface area contributed by atoms with Gasteiger partial charge in [-0.05, 0) is 53.6 Å². The maximum absolute atomic E-state index is 12.5. The molecule has 3 heterocycles. The molecule has 0 saturated carbocycles. The molecule has 0 aliphatic rings. The molecule has 0 bridgehead atoms. The van der Waals surface area contributed by atoms with Gasteiger partial charge in [-0.1, -0.05) is 72.8 Å². The predicted octanol–water partition coefficient (Wildman–Crippen LogP) is 8.10. The Morgan fingerprint density at radius 2 is 1.07 bits per heavy atom. The van der Waals surface area contributed by atoms with Gasteiger partial charge in [0, 0.05) is 51.0 Å². The highest BCUT2D eigenvalue weighted by Gasteiger charge is 2.15. The van der Waals surface area contributed by atoms with Crippen LogP contribution in [0, 0.1) is 0 Å². The van der Waals surface area contributed by atoms with Crippen LogP contribution >= 0.6 is 11.3 Å². The van der Waals surface area contributed by atoms with E-state index in [-0.39, 0.29) is 5.69 Å². The first-order chi connectivity index (χ1) is 21.0. The number of benzene rings is 5. The molecule has 0 atom stereocenters. The van der Waals surface area contributed by atoms with E-state index in [0.29, 0.717) is 17.5 Å². The van der Waals surface area contributed by atoms with Crippen LogP contribution in [0.15, 0.2) is 120 Å². The van der Waals surface area contributed by atoms with Crippen molar-refractivity contribution < 1.29 is 0 Å². The van der Waals surface area contributed by atoms with Crippen LogP contribution in [0.2, 0.25) is 0 Å². The molecule has 8 rings (SSSR count). The van der Waals surface area contributed by atoms with Gasteiger partial charge in [-0.2, -0.15) is 0 Å². The van der Waals surface area contributed by atoms with Crippen LogP contribution in [0.4, 0.5) is 0 Å². The fraction of sp³-hybridized carbons (Fsp3) is 0.0556.